The molecule has 2 aromatic heterocycles. The predicted octanol–water partition coefficient (Wildman–Crippen LogP) is 6.65. The maximum Gasteiger partial charge on any atom is 0.138 e. The Morgan fingerprint density at radius 2 is 1.56 bits per heavy atom. The molecule has 0 saturated carbocycles. The van der Waals surface area contributed by atoms with E-state index in [1.807, 2.05) is 6.07 Å². The summed E-state index contributed by atoms with van der Waals surface area (Å²) in [4.78, 5) is 5.13. The minimum atomic E-state index is 0.250. The van der Waals surface area contributed by atoms with Gasteiger partial charge in [0.15, 0.2) is 0 Å². The molecule has 3 heterocycles. The Morgan fingerprint density at radius 3 is 2.50 bits per heavy atom. The van der Waals surface area contributed by atoms with Crippen molar-refractivity contribution < 1.29 is 0 Å². The molecule has 2 atom stereocenters. The summed E-state index contributed by atoms with van der Waals surface area (Å²) < 4.78 is 2.38. The maximum atomic E-state index is 5.13. The van der Waals surface area contributed by atoms with Crippen molar-refractivity contribution in [3.05, 3.63) is 120 Å². The zero-order chi connectivity index (χ0) is 21.1. The van der Waals surface area contributed by atoms with Gasteiger partial charge in [-0.05, 0) is 29.8 Å². The number of hydrogen-bond acceptors (Lipinski definition) is 2. The van der Waals surface area contributed by atoms with Crippen LogP contribution in [0.15, 0.2) is 103 Å². The number of rotatable bonds is 2. The molecule has 2 aliphatic rings. The quantitative estimate of drug-likeness (QED) is 0.353. The normalized spacial score (nSPS) is 18.1. The molecule has 5 aromatic rings. The summed E-state index contributed by atoms with van der Waals surface area (Å²) in [6, 6.07) is 34.3. The standard InChI is InChI=1S/C29H21N3/c1-2-9-19(10-3-1)23-14-8-16-27(31-23)32-26-15-7-5-11-20(26)21-17-18-25-28(29(21)32)22-12-4-6-13-24(22)30-25/h1-18,25,28,30H. The van der Waals surface area contributed by atoms with Gasteiger partial charge in [-0.15, -0.1) is 0 Å². The lowest BCUT2D eigenvalue weighted by Gasteiger charge is -2.24. The van der Waals surface area contributed by atoms with Crippen LogP contribution in [-0.4, -0.2) is 15.6 Å². The van der Waals surface area contributed by atoms with Gasteiger partial charge in [0.1, 0.15) is 5.82 Å². The number of anilines is 1. The Labute approximate surface area is 186 Å². The molecule has 0 saturated heterocycles. The molecule has 3 nitrogen and oxygen atoms in total. The van der Waals surface area contributed by atoms with Crippen molar-refractivity contribution in [2.24, 2.45) is 0 Å². The molecule has 0 amide bonds. The van der Waals surface area contributed by atoms with Crippen LogP contribution in [0.5, 0.6) is 0 Å². The molecule has 152 valence electrons. The fourth-order valence-corrected chi connectivity index (χ4v) is 5.36. The fourth-order valence-electron chi connectivity index (χ4n) is 5.36. The molecule has 0 radical (unpaired) electrons. The molecule has 3 heteroatoms. The van der Waals surface area contributed by atoms with Crippen LogP contribution in [0.25, 0.3) is 34.1 Å². The molecule has 0 spiro atoms. The molecule has 32 heavy (non-hydrogen) atoms. The van der Waals surface area contributed by atoms with Crippen LogP contribution in [0.1, 0.15) is 22.7 Å². The summed E-state index contributed by atoms with van der Waals surface area (Å²) in [6.07, 6.45) is 4.60. The van der Waals surface area contributed by atoms with Crippen molar-refractivity contribution in [2.75, 3.05) is 5.32 Å². The topological polar surface area (TPSA) is 29.9 Å². The Hall–Kier alpha value is -4.11. The first kappa shape index (κ1) is 17.6. The molecule has 0 bridgehead atoms. The van der Waals surface area contributed by atoms with E-state index in [0.29, 0.717) is 0 Å². The lowest BCUT2D eigenvalue weighted by Crippen LogP contribution is -2.24. The van der Waals surface area contributed by atoms with Gasteiger partial charge in [-0.2, -0.15) is 0 Å². The minimum absolute atomic E-state index is 0.250. The van der Waals surface area contributed by atoms with Crippen molar-refractivity contribution in [1.82, 2.24) is 9.55 Å². The molecule has 1 aliphatic carbocycles. The second kappa shape index (κ2) is 6.69. The van der Waals surface area contributed by atoms with Gasteiger partial charge in [0.2, 0.25) is 0 Å². The summed E-state index contributed by atoms with van der Waals surface area (Å²) in [5.74, 6) is 1.21. The number of para-hydroxylation sites is 2. The van der Waals surface area contributed by atoms with Gasteiger partial charge in [0.05, 0.1) is 23.2 Å². The zero-order valence-corrected chi connectivity index (χ0v) is 17.4. The SMILES string of the molecule is C1=CC2Nc3ccccc3C2c2c1c1ccccc1n2-c1cccc(-c2ccccc2)n1. The molecule has 3 aromatic carbocycles. The molecule has 1 aliphatic heterocycles. The molecule has 2 unspecified atom stereocenters. The second-order valence-corrected chi connectivity index (χ2v) is 8.49. The summed E-state index contributed by atoms with van der Waals surface area (Å²) in [6.45, 7) is 0. The third-order valence-electron chi connectivity index (χ3n) is 6.73. The lowest BCUT2D eigenvalue weighted by molar-refractivity contribution is 0.729. The predicted molar refractivity (Wildman–Crippen MR) is 131 cm³/mol. The van der Waals surface area contributed by atoms with E-state index in [9.17, 15) is 0 Å². The van der Waals surface area contributed by atoms with Gasteiger partial charge in [-0.1, -0.05) is 84.9 Å². The van der Waals surface area contributed by atoms with Gasteiger partial charge < -0.3 is 5.32 Å². The first-order chi connectivity index (χ1) is 15.9. The van der Waals surface area contributed by atoms with Crippen molar-refractivity contribution in [3.8, 4) is 17.1 Å². The van der Waals surface area contributed by atoms with Crippen LogP contribution in [0.4, 0.5) is 5.69 Å². The lowest BCUT2D eigenvalue weighted by atomic mass is 9.85. The average molecular weight is 412 g/mol. The smallest absolute Gasteiger partial charge is 0.138 e. The number of nitrogens with zero attached hydrogens (tertiary/aromatic N) is 2. The zero-order valence-electron chi connectivity index (χ0n) is 17.4. The highest BCUT2D eigenvalue weighted by atomic mass is 15.1. The first-order valence-corrected chi connectivity index (χ1v) is 11.1. The number of pyridine rings is 1. The minimum Gasteiger partial charge on any atom is -0.378 e. The summed E-state index contributed by atoms with van der Waals surface area (Å²) in [7, 11) is 0. The highest BCUT2D eigenvalue weighted by molar-refractivity contribution is 5.94. The van der Waals surface area contributed by atoms with E-state index >= 15 is 0 Å². The van der Waals surface area contributed by atoms with Gasteiger partial charge >= 0.3 is 0 Å². The van der Waals surface area contributed by atoms with Gasteiger partial charge in [-0.25, -0.2) is 4.98 Å². The van der Waals surface area contributed by atoms with E-state index in [4.69, 9.17) is 4.98 Å². The number of fused-ring (bicyclic) bond motifs is 7. The van der Waals surface area contributed by atoms with Crippen LogP contribution in [0.3, 0.4) is 0 Å². The van der Waals surface area contributed by atoms with Gasteiger partial charge in [0, 0.05) is 27.9 Å². The van der Waals surface area contributed by atoms with Crippen molar-refractivity contribution >= 4 is 22.7 Å². The molecular weight excluding hydrogens is 390 g/mol. The number of nitrogens with one attached hydrogen (secondary N) is 1. The monoisotopic (exact) mass is 411 g/mol. The van der Waals surface area contributed by atoms with E-state index in [0.717, 1.165) is 17.1 Å². The number of benzene rings is 3. The van der Waals surface area contributed by atoms with Gasteiger partial charge in [0.25, 0.3) is 0 Å². The Balaban J connectivity index is 1.52. The van der Waals surface area contributed by atoms with Crippen molar-refractivity contribution in [3.63, 3.8) is 0 Å². The largest absolute Gasteiger partial charge is 0.378 e. The molecule has 0 fully saturated rings. The Morgan fingerprint density at radius 1 is 0.750 bits per heavy atom. The third kappa shape index (κ3) is 2.45. The van der Waals surface area contributed by atoms with Crippen LogP contribution < -0.4 is 5.32 Å². The van der Waals surface area contributed by atoms with Crippen LogP contribution in [-0.2, 0) is 0 Å². The van der Waals surface area contributed by atoms with Crippen molar-refractivity contribution in [2.45, 2.75) is 12.0 Å². The molecule has 7 rings (SSSR count). The van der Waals surface area contributed by atoms with Gasteiger partial charge in [-0.3, -0.25) is 4.57 Å². The summed E-state index contributed by atoms with van der Waals surface area (Å²) in [5, 5.41) is 4.99. The molecule has 1 N–H and O–H groups in total. The summed E-state index contributed by atoms with van der Waals surface area (Å²) >= 11 is 0. The molecular formula is C29H21N3. The summed E-state index contributed by atoms with van der Waals surface area (Å²) in [5.41, 5.74) is 8.51. The van der Waals surface area contributed by atoms with Crippen LogP contribution >= 0.6 is 0 Å². The van der Waals surface area contributed by atoms with E-state index in [-0.39, 0.29) is 12.0 Å². The third-order valence-corrected chi connectivity index (χ3v) is 6.73. The average Bonchev–Trinajstić information content (AvgIpc) is 3.40. The van der Waals surface area contributed by atoms with Crippen LogP contribution in [0.2, 0.25) is 0 Å². The Kier molecular flexibility index (Phi) is 3.67. The number of aromatic nitrogens is 2. The first-order valence-electron chi connectivity index (χ1n) is 11.1. The highest BCUT2D eigenvalue weighted by Crippen LogP contribution is 2.48. The van der Waals surface area contributed by atoms with E-state index < -0.39 is 0 Å². The van der Waals surface area contributed by atoms with E-state index in [1.165, 1.54) is 33.4 Å². The van der Waals surface area contributed by atoms with Crippen LogP contribution in [0, 0.1) is 0 Å². The highest BCUT2D eigenvalue weighted by Gasteiger charge is 2.38. The van der Waals surface area contributed by atoms with Crippen molar-refractivity contribution in [1.29, 1.82) is 0 Å². The second-order valence-electron chi connectivity index (χ2n) is 8.49. The maximum absolute atomic E-state index is 5.13. The fraction of sp³-hybridized carbons (Fsp3) is 0.0690. The number of hydrogen-bond donors (Lipinski definition) is 1. The van der Waals surface area contributed by atoms with E-state index in [1.54, 1.807) is 0 Å². The Bertz CT molecular complexity index is 1510. The van der Waals surface area contributed by atoms with E-state index in [2.05, 4.69) is 113 Å².